The number of carbonyl (C=O) groups is 3. The lowest BCUT2D eigenvalue weighted by Crippen LogP contribution is -2.40. The zero-order valence-corrected chi connectivity index (χ0v) is 18.4. The average Bonchev–Trinajstić information content (AvgIpc) is 3.59. The Morgan fingerprint density at radius 1 is 1.03 bits per heavy atom. The second-order valence-electron chi connectivity index (χ2n) is 7.22. The van der Waals surface area contributed by atoms with Gasteiger partial charge in [-0.2, -0.15) is 0 Å². The first-order valence-electron chi connectivity index (χ1n) is 9.92. The van der Waals surface area contributed by atoms with Crippen molar-refractivity contribution >= 4 is 46.6 Å². The van der Waals surface area contributed by atoms with Gasteiger partial charge in [0.05, 0.1) is 5.02 Å². The number of anilines is 1. The van der Waals surface area contributed by atoms with E-state index >= 15 is 0 Å². The summed E-state index contributed by atoms with van der Waals surface area (Å²) in [6.45, 7) is 2.09. The minimum Gasteiger partial charge on any atom is -0.479 e. The zero-order valence-electron chi connectivity index (χ0n) is 16.9. The summed E-state index contributed by atoms with van der Waals surface area (Å²) < 4.78 is 5.55. The van der Waals surface area contributed by atoms with Crippen LogP contribution in [0.25, 0.3) is 0 Å². The highest BCUT2D eigenvalue weighted by atomic mass is 35.5. The van der Waals surface area contributed by atoms with Crippen LogP contribution >= 0.6 is 23.2 Å². The quantitative estimate of drug-likeness (QED) is 0.494. The van der Waals surface area contributed by atoms with E-state index in [4.69, 9.17) is 27.9 Å². The van der Waals surface area contributed by atoms with E-state index in [1.165, 1.54) is 6.07 Å². The Labute approximate surface area is 190 Å². The molecule has 7 nitrogen and oxygen atoms in total. The van der Waals surface area contributed by atoms with Crippen LogP contribution in [0.1, 0.15) is 30.1 Å². The Morgan fingerprint density at radius 2 is 1.71 bits per heavy atom. The molecule has 164 valence electrons. The Kier molecular flexibility index (Phi) is 7.76. The van der Waals surface area contributed by atoms with E-state index < -0.39 is 6.10 Å². The van der Waals surface area contributed by atoms with Crippen LogP contribution in [0.5, 0.6) is 5.75 Å². The molecule has 3 N–H and O–H groups in total. The van der Waals surface area contributed by atoms with Crippen LogP contribution in [0.3, 0.4) is 0 Å². The fourth-order valence-electron chi connectivity index (χ4n) is 2.72. The van der Waals surface area contributed by atoms with Crippen LogP contribution in [0.2, 0.25) is 10.0 Å². The number of ether oxygens (including phenoxy) is 1. The molecule has 2 aromatic rings. The Morgan fingerprint density at radius 3 is 2.35 bits per heavy atom. The number of hydrogen-bond donors (Lipinski definition) is 3. The molecule has 1 aliphatic carbocycles. The molecule has 0 aliphatic heterocycles. The lowest BCUT2D eigenvalue weighted by molar-refractivity contribution is -0.127. The van der Waals surface area contributed by atoms with E-state index in [-0.39, 0.29) is 36.7 Å². The predicted molar refractivity (Wildman–Crippen MR) is 120 cm³/mol. The molecule has 0 aromatic heterocycles. The smallest absolute Gasteiger partial charge is 0.260 e. The van der Waals surface area contributed by atoms with Gasteiger partial charge >= 0.3 is 0 Å². The van der Waals surface area contributed by atoms with Gasteiger partial charge in [-0.25, -0.2) is 0 Å². The third-order valence-corrected chi connectivity index (χ3v) is 5.17. The van der Waals surface area contributed by atoms with Gasteiger partial charge in [-0.05, 0) is 62.2 Å². The maximum Gasteiger partial charge on any atom is 0.260 e. The lowest BCUT2D eigenvalue weighted by atomic mass is 10.2. The average molecular weight is 464 g/mol. The Hall–Kier alpha value is -2.77. The molecule has 1 aliphatic rings. The molecule has 3 rings (SSSR count). The molecule has 1 fully saturated rings. The molecule has 0 saturated heterocycles. The van der Waals surface area contributed by atoms with Crippen LogP contribution in [0.4, 0.5) is 5.69 Å². The van der Waals surface area contributed by atoms with Crippen molar-refractivity contribution in [2.45, 2.75) is 25.9 Å². The summed E-state index contributed by atoms with van der Waals surface area (Å²) in [4.78, 5) is 36.1. The predicted octanol–water partition coefficient (Wildman–Crippen LogP) is 3.66. The van der Waals surface area contributed by atoms with Gasteiger partial charge in [-0.15, -0.1) is 0 Å². The van der Waals surface area contributed by atoms with Crippen molar-refractivity contribution < 1.29 is 19.1 Å². The fraction of sp³-hybridized carbons (Fsp3) is 0.318. The highest BCUT2D eigenvalue weighted by Gasteiger charge is 2.29. The maximum absolute atomic E-state index is 12.2. The summed E-state index contributed by atoms with van der Waals surface area (Å²) >= 11 is 11.9. The van der Waals surface area contributed by atoms with Crippen LogP contribution in [0, 0.1) is 5.92 Å². The fourth-order valence-corrected chi connectivity index (χ4v) is 3.17. The first kappa shape index (κ1) is 22.9. The molecule has 1 saturated carbocycles. The Balaban J connectivity index is 1.37. The molecular weight excluding hydrogens is 441 g/mol. The topological polar surface area (TPSA) is 96.5 Å². The van der Waals surface area contributed by atoms with Gasteiger partial charge in [0.25, 0.3) is 11.8 Å². The molecule has 2 aromatic carbocycles. The number of amides is 3. The summed E-state index contributed by atoms with van der Waals surface area (Å²) in [5.74, 6) is -0.111. The number of hydrogen-bond acceptors (Lipinski definition) is 4. The van der Waals surface area contributed by atoms with E-state index in [2.05, 4.69) is 16.0 Å². The van der Waals surface area contributed by atoms with E-state index in [0.717, 1.165) is 12.8 Å². The van der Waals surface area contributed by atoms with E-state index in [0.29, 0.717) is 27.0 Å². The first-order chi connectivity index (χ1) is 14.8. The number of rotatable bonds is 9. The summed E-state index contributed by atoms with van der Waals surface area (Å²) in [6, 6.07) is 11.4. The molecule has 0 heterocycles. The molecule has 0 spiro atoms. The lowest BCUT2D eigenvalue weighted by Gasteiger charge is -2.16. The SMILES string of the molecule is CC(Oc1ccc(Cl)cc1Cl)C(=O)NCCNC(=O)c1ccc(NC(=O)C2CC2)cc1. The summed E-state index contributed by atoms with van der Waals surface area (Å²) in [5, 5.41) is 9.04. The molecular formula is C22H23Cl2N3O4. The van der Waals surface area contributed by atoms with Gasteiger partial charge < -0.3 is 20.7 Å². The van der Waals surface area contributed by atoms with Gasteiger partial charge in [0, 0.05) is 35.3 Å². The highest BCUT2D eigenvalue weighted by Crippen LogP contribution is 2.30. The third-order valence-electron chi connectivity index (χ3n) is 4.64. The number of benzene rings is 2. The van der Waals surface area contributed by atoms with Gasteiger partial charge in [0.2, 0.25) is 5.91 Å². The summed E-state index contributed by atoms with van der Waals surface area (Å²) in [6.07, 6.45) is 1.10. The van der Waals surface area contributed by atoms with Gasteiger partial charge in [-0.1, -0.05) is 23.2 Å². The maximum atomic E-state index is 12.2. The normalized spacial score (nSPS) is 13.8. The van der Waals surface area contributed by atoms with Crippen molar-refractivity contribution in [3.05, 3.63) is 58.1 Å². The van der Waals surface area contributed by atoms with Gasteiger partial charge in [-0.3, -0.25) is 14.4 Å². The summed E-state index contributed by atoms with van der Waals surface area (Å²) in [5.41, 5.74) is 1.13. The van der Waals surface area contributed by atoms with Crippen LogP contribution in [0.15, 0.2) is 42.5 Å². The molecule has 1 atom stereocenters. The minimum absolute atomic E-state index is 0.0180. The van der Waals surface area contributed by atoms with Gasteiger partial charge in [0.1, 0.15) is 5.75 Å². The first-order valence-corrected chi connectivity index (χ1v) is 10.7. The molecule has 9 heteroatoms. The third kappa shape index (κ3) is 6.87. The van der Waals surface area contributed by atoms with Crippen LogP contribution in [-0.4, -0.2) is 36.9 Å². The Bertz CT molecular complexity index is 962. The molecule has 31 heavy (non-hydrogen) atoms. The number of nitrogens with one attached hydrogen (secondary N) is 3. The molecule has 0 bridgehead atoms. The van der Waals surface area contributed by atoms with Crippen molar-refractivity contribution in [1.29, 1.82) is 0 Å². The highest BCUT2D eigenvalue weighted by molar-refractivity contribution is 6.35. The largest absolute Gasteiger partial charge is 0.479 e. The van der Waals surface area contributed by atoms with E-state index in [9.17, 15) is 14.4 Å². The monoisotopic (exact) mass is 463 g/mol. The number of carbonyl (C=O) groups excluding carboxylic acids is 3. The van der Waals surface area contributed by atoms with Crippen LogP contribution in [-0.2, 0) is 9.59 Å². The van der Waals surface area contributed by atoms with Crippen molar-refractivity contribution in [3.63, 3.8) is 0 Å². The van der Waals surface area contributed by atoms with E-state index in [1.54, 1.807) is 43.3 Å². The van der Waals surface area contributed by atoms with Gasteiger partial charge in [0.15, 0.2) is 6.10 Å². The van der Waals surface area contributed by atoms with Crippen molar-refractivity contribution in [3.8, 4) is 5.75 Å². The summed E-state index contributed by atoms with van der Waals surface area (Å²) in [7, 11) is 0. The number of halogens is 2. The van der Waals surface area contributed by atoms with Crippen LogP contribution < -0.4 is 20.7 Å². The van der Waals surface area contributed by atoms with Crippen molar-refractivity contribution in [2.75, 3.05) is 18.4 Å². The van der Waals surface area contributed by atoms with E-state index in [1.807, 2.05) is 0 Å². The molecule has 1 unspecified atom stereocenters. The van der Waals surface area contributed by atoms with Crippen molar-refractivity contribution in [2.24, 2.45) is 5.92 Å². The van der Waals surface area contributed by atoms with Crippen molar-refractivity contribution in [1.82, 2.24) is 10.6 Å². The second-order valence-corrected chi connectivity index (χ2v) is 8.07. The molecule has 0 radical (unpaired) electrons. The standard InChI is InChI=1S/C22H23Cl2N3O4/c1-13(31-19-9-6-16(23)12-18(19)24)20(28)25-10-11-26-21(29)14-4-7-17(8-5-14)27-22(30)15-2-3-15/h4-9,12-13,15H,2-3,10-11H2,1H3,(H,25,28)(H,26,29)(H,27,30). The second kappa shape index (κ2) is 10.5. The molecule has 3 amide bonds. The zero-order chi connectivity index (χ0) is 22.4. The minimum atomic E-state index is -0.771.